The third kappa shape index (κ3) is 5.35. The molecule has 0 aliphatic heterocycles. The number of amides is 1. The van der Waals surface area contributed by atoms with Gasteiger partial charge in [0, 0.05) is 18.7 Å². The zero-order valence-corrected chi connectivity index (χ0v) is 19.6. The molecule has 3 rings (SSSR count). The van der Waals surface area contributed by atoms with E-state index in [0.29, 0.717) is 39.1 Å². The number of fused-ring (bicyclic) bond motifs is 1. The van der Waals surface area contributed by atoms with Gasteiger partial charge in [-0.05, 0) is 39.2 Å². The van der Waals surface area contributed by atoms with Crippen molar-refractivity contribution in [2.75, 3.05) is 39.2 Å². The Bertz CT molecular complexity index is 1200. The van der Waals surface area contributed by atoms with Crippen molar-refractivity contribution in [3.63, 3.8) is 0 Å². The van der Waals surface area contributed by atoms with Crippen molar-refractivity contribution in [3.8, 4) is 5.75 Å². The van der Waals surface area contributed by atoms with Crippen LogP contribution in [0.15, 0.2) is 30.3 Å². The number of carbonyl (C=O) groups is 1. The molecule has 1 amide bonds. The molecule has 0 saturated carbocycles. The molecular formula is C20H20ClN5O6S. The number of aromatic nitrogens is 1. The minimum absolute atomic E-state index is 0.182. The quantitative estimate of drug-likeness (QED) is 0.317. The van der Waals surface area contributed by atoms with Crippen molar-refractivity contribution in [2.45, 2.75) is 6.42 Å². The van der Waals surface area contributed by atoms with E-state index in [1.54, 1.807) is 12.1 Å². The lowest BCUT2D eigenvalue weighted by atomic mass is 10.1. The molecule has 0 aliphatic rings. The summed E-state index contributed by atoms with van der Waals surface area (Å²) in [5, 5.41) is 23.3. The second kappa shape index (κ2) is 10.1. The summed E-state index contributed by atoms with van der Waals surface area (Å²) in [4.78, 5) is 42.3. The molecule has 0 fully saturated rings. The first kappa shape index (κ1) is 24.3. The Morgan fingerprint density at radius 2 is 1.76 bits per heavy atom. The van der Waals surface area contributed by atoms with E-state index >= 15 is 0 Å². The molecule has 1 heterocycles. The van der Waals surface area contributed by atoms with Crippen molar-refractivity contribution >= 4 is 55.6 Å². The van der Waals surface area contributed by atoms with Gasteiger partial charge in [-0.1, -0.05) is 22.9 Å². The minimum atomic E-state index is -0.775. The highest BCUT2D eigenvalue weighted by molar-refractivity contribution is 7.23. The van der Waals surface area contributed by atoms with Crippen LogP contribution in [0.5, 0.6) is 5.75 Å². The summed E-state index contributed by atoms with van der Waals surface area (Å²) in [6, 6.07) is 6.18. The lowest BCUT2D eigenvalue weighted by Crippen LogP contribution is -2.33. The molecule has 0 saturated heterocycles. The number of methoxy groups -OCH3 is 1. The summed E-state index contributed by atoms with van der Waals surface area (Å²) in [6.07, 6.45) is 0.566. The first-order valence-corrected chi connectivity index (χ1v) is 10.8. The maximum Gasteiger partial charge on any atom is 0.277 e. The van der Waals surface area contributed by atoms with Gasteiger partial charge < -0.3 is 9.64 Å². The van der Waals surface area contributed by atoms with Crippen LogP contribution in [0.2, 0.25) is 5.02 Å². The van der Waals surface area contributed by atoms with Gasteiger partial charge in [0.05, 0.1) is 38.3 Å². The van der Waals surface area contributed by atoms with Crippen molar-refractivity contribution in [1.82, 2.24) is 9.88 Å². The molecule has 0 radical (unpaired) electrons. The number of carbonyl (C=O) groups excluding carboxylic acids is 1. The number of ether oxygens (including phenoxy) is 1. The van der Waals surface area contributed by atoms with Crippen LogP contribution < -0.4 is 9.64 Å². The normalized spacial score (nSPS) is 11.1. The van der Waals surface area contributed by atoms with E-state index in [2.05, 4.69) is 4.98 Å². The molecule has 174 valence electrons. The largest absolute Gasteiger partial charge is 0.494 e. The number of hydrogen-bond acceptors (Lipinski definition) is 9. The minimum Gasteiger partial charge on any atom is -0.494 e. The van der Waals surface area contributed by atoms with E-state index in [9.17, 15) is 25.0 Å². The number of thiazole rings is 1. The second-order valence-electron chi connectivity index (χ2n) is 7.29. The molecular weight excluding hydrogens is 474 g/mol. The van der Waals surface area contributed by atoms with Crippen molar-refractivity contribution in [1.29, 1.82) is 0 Å². The Kier molecular flexibility index (Phi) is 7.41. The SMILES string of the molecule is COc1ccc(Cl)c2sc(N(CCCN(C)C)C(=O)c3cc([N+](=O)[O-])cc([N+](=O)[O-])c3)nc12. The van der Waals surface area contributed by atoms with Gasteiger partial charge in [0.25, 0.3) is 17.3 Å². The van der Waals surface area contributed by atoms with Gasteiger partial charge in [0.2, 0.25) is 0 Å². The fourth-order valence-electron chi connectivity index (χ4n) is 3.14. The highest BCUT2D eigenvalue weighted by Gasteiger charge is 2.27. The van der Waals surface area contributed by atoms with Crippen LogP contribution in [-0.4, -0.2) is 59.9 Å². The first-order chi connectivity index (χ1) is 15.6. The van der Waals surface area contributed by atoms with E-state index in [1.165, 1.54) is 23.3 Å². The van der Waals surface area contributed by atoms with Gasteiger partial charge in [-0.25, -0.2) is 4.98 Å². The summed E-state index contributed by atoms with van der Waals surface area (Å²) in [7, 11) is 5.26. The number of non-ortho nitro benzene ring substituents is 2. The van der Waals surface area contributed by atoms with Crippen LogP contribution in [0.25, 0.3) is 10.2 Å². The number of rotatable bonds is 9. The summed E-state index contributed by atoms with van der Waals surface area (Å²) in [6.45, 7) is 0.890. The van der Waals surface area contributed by atoms with Crippen LogP contribution in [0.3, 0.4) is 0 Å². The standard InChI is InChI=1S/C20H20ClN5O6S/c1-23(2)7-4-8-24(20-22-17-16(32-3)6-5-15(21)18(17)33-20)19(27)12-9-13(25(28)29)11-14(10-12)26(30)31/h5-6,9-11H,4,7-8H2,1-3H3. The molecule has 0 spiro atoms. The highest BCUT2D eigenvalue weighted by Crippen LogP contribution is 2.39. The average molecular weight is 494 g/mol. The molecule has 11 nitrogen and oxygen atoms in total. The Labute approximate surface area is 197 Å². The number of hydrogen-bond donors (Lipinski definition) is 0. The predicted molar refractivity (Wildman–Crippen MR) is 126 cm³/mol. The molecule has 2 aromatic carbocycles. The predicted octanol–water partition coefficient (Wildman–Crippen LogP) is 4.37. The van der Waals surface area contributed by atoms with Crippen LogP contribution in [-0.2, 0) is 0 Å². The van der Waals surface area contributed by atoms with Gasteiger partial charge in [0.15, 0.2) is 5.13 Å². The average Bonchev–Trinajstić information content (AvgIpc) is 3.22. The number of nitro benzene ring substituents is 2. The van der Waals surface area contributed by atoms with Crippen molar-refractivity contribution in [2.24, 2.45) is 0 Å². The Balaban J connectivity index is 2.11. The third-order valence-electron chi connectivity index (χ3n) is 4.70. The fourth-order valence-corrected chi connectivity index (χ4v) is 4.42. The third-order valence-corrected chi connectivity index (χ3v) is 6.24. The smallest absolute Gasteiger partial charge is 0.277 e. The lowest BCUT2D eigenvalue weighted by Gasteiger charge is -2.21. The second-order valence-corrected chi connectivity index (χ2v) is 8.67. The Hall–Kier alpha value is -3.35. The van der Waals surface area contributed by atoms with Gasteiger partial charge in [-0.15, -0.1) is 0 Å². The molecule has 3 aromatic rings. The summed E-state index contributed by atoms with van der Waals surface area (Å²) < 4.78 is 5.96. The molecule has 0 bridgehead atoms. The Morgan fingerprint density at radius 3 is 2.30 bits per heavy atom. The van der Waals surface area contributed by atoms with Gasteiger partial charge in [-0.2, -0.15) is 0 Å². The molecule has 1 aromatic heterocycles. The fraction of sp³-hybridized carbons (Fsp3) is 0.300. The summed E-state index contributed by atoms with van der Waals surface area (Å²) in [5.74, 6) is -0.168. The Morgan fingerprint density at radius 1 is 1.12 bits per heavy atom. The van der Waals surface area contributed by atoms with E-state index < -0.39 is 27.1 Å². The molecule has 13 heteroatoms. The molecule has 0 N–H and O–H groups in total. The van der Waals surface area contributed by atoms with Gasteiger partial charge in [0.1, 0.15) is 11.3 Å². The first-order valence-electron chi connectivity index (χ1n) is 9.66. The van der Waals surface area contributed by atoms with E-state index in [-0.39, 0.29) is 12.1 Å². The zero-order chi connectivity index (χ0) is 24.3. The maximum absolute atomic E-state index is 13.5. The topological polar surface area (TPSA) is 132 Å². The number of nitro groups is 2. The van der Waals surface area contributed by atoms with Crippen LogP contribution >= 0.6 is 22.9 Å². The molecule has 0 unspecified atom stereocenters. The van der Waals surface area contributed by atoms with E-state index in [0.717, 1.165) is 18.2 Å². The van der Waals surface area contributed by atoms with E-state index in [1.807, 2.05) is 19.0 Å². The number of nitrogens with zero attached hydrogens (tertiary/aromatic N) is 5. The van der Waals surface area contributed by atoms with Gasteiger partial charge in [-0.3, -0.25) is 29.9 Å². The van der Waals surface area contributed by atoms with Crippen molar-refractivity contribution < 1.29 is 19.4 Å². The monoisotopic (exact) mass is 493 g/mol. The maximum atomic E-state index is 13.5. The number of benzene rings is 2. The number of halogens is 1. The van der Waals surface area contributed by atoms with Crippen molar-refractivity contribution in [3.05, 3.63) is 61.1 Å². The van der Waals surface area contributed by atoms with Crippen LogP contribution in [0.1, 0.15) is 16.8 Å². The lowest BCUT2D eigenvalue weighted by molar-refractivity contribution is -0.394. The molecule has 33 heavy (non-hydrogen) atoms. The summed E-state index contributed by atoms with van der Waals surface area (Å²) >= 11 is 7.48. The van der Waals surface area contributed by atoms with Gasteiger partial charge >= 0.3 is 0 Å². The highest BCUT2D eigenvalue weighted by atomic mass is 35.5. The molecule has 0 aliphatic carbocycles. The van der Waals surface area contributed by atoms with E-state index in [4.69, 9.17) is 16.3 Å². The molecule has 0 atom stereocenters. The summed E-state index contributed by atoms with van der Waals surface area (Å²) in [5.41, 5.74) is -0.803. The van der Waals surface area contributed by atoms with Crippen LogP contribution in [0.4, 0.5) is 16.5 Å². The number of anilines is 1. The van der Waals surface area contributed by atoms with Crippen LogP contribution in [0, 0.1) is 20.2 Å². The zero-order valence-electron chi connectivity index (χ0n) is 18.0.